The number of ether oxygens (including phenoxy) is 1. The molecule has 3 aliphatic heterocycles. The summed E-state index contributed by atoms with van der Waals surface area (Å²) in [5, 5.41) is 14.8. The Morgan fingerprint density at radius 1 is 1.22 bits per heavy atom. The number of benzene rings is 1. The third kappa shape index (κ3) is 2.82. The molecule has 0 bridgehead atoms. The quantitative estimate of drug-likeness (QED) is 0.631. The van der Waals surface area contributed by atoms with E-state index in [4.69, 9.17) is 9.84 Å². The molecule has 0 aliphatic carbocycles. The van der Waals surface area contributed by atoms with Gasteiger partial charge in [0.2, 0.25) is 5.91 Å². The zero-order chi connectivity index (χ0) is 22.0. The lowest BCUT2D eigenvalue weighted by molar-refractivity contribution is -0.126. The number of hydrogen-bond acceptors (Lipinski definition) is 5. The number of amides is 2. The molecule has 10 heteroatoms. The molecule has 6 rings (SSSR count). The van der Waals surface area contributed by atoms with Gasteiger partial charge < -0.3 is 24.6 Å². The Bertz CT molecular complexity index is 1320. The molecule has 3 aromatic rings. The van der Waals surface area contributed by atoms with Gasteiger partial charge in [-0.05, 0) is 25.0 Å². The zero-order valence-corrected chi connectivity index (χ0v) is 17.4. The fourth-order valence-corrected chi connectivity index (χ4v) is 5.35. The first kappa shape index (κ1) is 19.3. The predicted molar refractivity (Wildman–Crippen MR) is 115 cm³/mol. The van der Waals surface area contributed by atoms with Crippen molar-refractivity contribution in [3.8, 4) is 0 Å². The van der Waals surface area contributed by atoms with Crippen molar-refractivity contribution in [3.05, 3.63) is 40.3 Å². The second-order valence-corrected chi connectivity index (χ2v) is 9.18. The van der Waals surface area contributed by atoms with Crippen LogP contribution in [-0.2, 0) is 9.53 Å². The van der Waals surface area contributed by atoms with Crippen molar-refractivity contribution in [3.63, 3.8) is 0 Å². The van der Waals surface area contributed by atoms with Gasteiger partial charge in [-0.1, -0.05) is 6.07 Å². The standard InChI is InChI=1S/C22H23N5O5/c28-17-8-16(13-4-6-25(7-5-13)21(30)31)27-20(23-17)19-14(24-27)2-1-3-15(19)26-10-22(9-18(26)29)11-32-12-22/h1-3,8,13H,4-7,9-12H2,(H,23,28)(H,30,31). The SMILES string of the molecule is O=C(O)N1CCC(c2cc(=O)[nH]c3c4c(N5CC6(COC6)CC5=O)cccc4nn23)CC1. The third-order valence-electron chi connectivity index (χ3n) is 7.05. The van der Waals surface area contributed by atoms with Crippen LogP contribution < -0.4 is 10.5 Å². The topological polar surface area (TPSA) is 120 Å². The van der Waals surface area contributed by atoms with Crippen molar-refractivity contribution in [2.45, 2.75) is 25.2 Å². The molecule has 0 radical (unpaired) electrons. The molecule has 1 aromatic carbocycles. The number of anilines is 1. The van der Waals surface area contributed by atoms with Gasteiger partial charge in [0.1, 0.15) is 5.65 Å². The number of rotatable bonds is 2. The van der Waals surface area contributed by atoms with Crippen LogP contribution in [0.2, 0.25) is 0 Å². The predicted octanol–water partition coefficient (Wildman–Crippen LogP) is 1.79. The van der Waals surface area contributed by atoms with E-state index in [9.17, 15) is 19.5 Å². The number of piperidine rings is 1. The summed E-state index contributed by atoms with van der Waals surface area (Å²) in [5.41, 5.74) is 2.44. The van der Waals surface area contributed by atoms with Gasteiger partial charge in [-0.15, -0.1) is 0 Å². The highest BCUT2D eigenvalue weighted by Gasteiger charge is 2.49. The van der Waals surface area contributed by atoms with Gasteiger partial charge in [-0.25, -0.2) is 9.31 Å². The second-order valence-electron chi connectivity index (χ2n) is 9.18. The molecule has 10 nitrogen and oxygen atoms in total. The highest BCUT2D eigenvalue weighted by Crippen LogP contribution is 2.42. The largest absolute Gasteiger partial charge is 0.465 e. The van der Waals surface area contributed by atoms with E-state index in [0.717, 1.165) is 16.8 Å². The molecule has 2 aromatic heterocycles. The molecule has 2 N–H and O–H groups in total. The van der Waals surface area contributed by atoms with Crippen molar-refractivity contribution in [1.29, 1.82) is 0 Å². The maximum atomic E-state index is 12.9. The fourth-order valence-electron chi connectivity index (χ4n) is 5.35. The van der Waals surface area contributed by atoms with E-state index in [1.165, 1.54) is 4.90 Å². The van der Waals surface area contributed by atoms with Crippen LogP contribution in [0.4, 0.5) is 10.5 Å². The van der Waals surface area contributed by atoms with Gasteiger partial charge in [0.15, 0.2) is 0 Å². The van der Waals surface area contributed by atoms with Gasteiger partial charge >= 0.3 is 6.09 Å². The molecular weight excluding hydrogens is 414 g/mol. The Balaban J connectivity index is 1.46. The summed E-state index contributed by atoms with van der Waals surface area (Å²) in [6.07, 6.45) is 0.799. The van der Waals surface area contributed by atoms with Gasteiger partial charge in [0.05, 0.1) is 35.5 Å². The first-order valence-corrected chi connectivity index (χ1v) is 10.8. The summed E-state index contributed by atoms with van der Waals surface area (Å²) in [5.74, 6) is 0.0802. The lowest BCUT2D eigenvalue weighted by Gasteiger charge is -2.37. The number of fused-ring (bicyclic) bond motifs is 3. The Morgan fingerprint density at radius 3 is 2.66 bits per heavy atom. The summed E-state index contributed by atoms with van der Waals surface area (Å²) in [7, 11) is 0. The van der Waals surface area contributed by atoms with Crippen LogP contribution in [0.15, 0.2) is 29.1 Å². The second kappa shape index (κ2) is 6.80. The Labute approximate surface area is 182 Å². The number of aromatic nitrogens is 3. The molecule has 3 aliphatic rings. The van der Waals surface area contributed by atoms with Crippen LogP contribution in [-0.4, -0.2) is 69.5 Å². The molecule has 0 saturated carbocycles. The minimum absolute atomic E-state index is 0.0250. The number of nitrogens with zero attached hydrogens (tertiary/aromatic N) is 4. The minimum Gasteiger partial charge on any atom is -0.465 e. The molecule has 0 atom stereocenters. The number of hydrogen-bond donors (Lipinski definition) is 2. The summed E-state index contributed by atoms with van der Waals surface area (Å²) in [6, 6.07) is 7.21. The van der Waals surface area contributed by atoms with Gasteiger partial charge in [-0.3, -0.25) is 9.59 Å². The van der Waals surface area contributed by atoms with E-state index in [0.29, 0.717) is 63.3 Å². The summed E-state index contributed by atoms with van der Waals surface area (Å²) in [6.45, 7) is 2.63. The smallest absolute Gasteiger partial charge is 0.407 e. The molecule has 166 valence electrons. The molecule has 1 spiro atoms. The van der Waals surface area contributed by atoms with Gasteiger partial charge in [0.25, 0.3) is 5.56 Å². The molecule has 3 fully saturated rings. The first-order valence-electron chi connectivity index (χ1n) is 10.8. The molecular formula is C22H23N5O5. The van der Waals surface area contributed by atoms with E-state index in [-0.39, 0.29) is 22.8 Å². The highest BCUT2D eigenvalue weighted by molar-refractivity contribution is 6.09. The number of carboxylic acid groups (broad SMARTS) is 1. The molecule has 3 saturated heterocycles. The molecule has 0 unspecified atom stereocenters. The van der Waals surface area contributed by atoms with E-state index in [1.54, 1.807) is 15.5 Å². The lowest BCUT2D eigenvalue weighted by atomic mass is 9.85. The highest BCUT2D eigenvalue weighted by atomic mass is 16.5. The number of H-pyrrole nitrogens is 1. The average Bonchev–Trinajstić information content (AvgIpc) is 3.31. The van der Waals surface area contributed by atoms with Crippen LogP contribution in [0.3, 0.4) is 0 Å². The maximum Gasteiger partial charge on any atom is 0.407 e. The number of carbonyl (C=O) groups is 2. The van der Waals surface area contributed by atoms with Gasteiger partial charge in [-0.2, -0.15) is 5.10 Å². The van der Waals surface area contributed by atoms with Crippen LogP contribution in [0, 0.1) is 5.41 Å². The fraction of sp³-hybridized carbons (Fsp3) is 0.455. The molecule has 2 amide bonds. The monoisotopic (exact) mass is 437 g/mol. The summed E-state index contributed by atoms with van der Waals surface area (Å²) >= 11 is 0. The van der Waals surface area contributed by atoms with Crippen molar-refractivity contribution in [1.82, 2.24) is 19.5 Å². The maximum absolute atomic E-state index is 12.9. The number of likely N-dealkylation sites (tertiary alicyclic amines) is 1. The number of nitrogens with one attached hydrogen (secondary N) is 1. The van der Waals surface area contributed by atoms with Crippen molar-refractivity contribution < 1.29 is 19.4 Å². The minimum atomic E-state index is -0.918. The Kier molecular flexibility index (Phi) is 4.10. The molecule has 5 heterocycles. The van der Waals surface area contributed by atoms with E-state index in [1.807, 2.05) is 18.2 Å². The van der Waals surface area contributed by atoms with Crippen molar-refractivity contribution in [2.24, 2.45) is 5.41 Å². The van der Waals surface area contributed by atoms with E-state index >= 15 is 0 Å². The molecule has 32 heavy (non-hydrogen) atoms. The van der Waals surface area contributed by atoms with Crippen LogP contribution in [0.1, 0.15) is 30.9 Å². The zero-order valence-electron chi connectivity index (χ0n) is 17.4. The van der Waals surface area contributed by atoms with Gasteiger partial charge in [0, 0.05) is 43.5 Å². The number of aromatic amines is 1. The average molecular weight is 437 g/mol. The van der Waals surface area contributed by atoms with E-state index in [2.05, 4.69) is 4.98 Å². The third-order valence-corrected chi connectivity index (χ3v) is 7.05. The lowest BCUT2D eigenvalue weighted by Crippen LogP contribution is -2.44. The van der Waals surface area contributed by atoms with Crippen LogP contribution in [0.25, 0.3) is 16.6 Å². The van der Waals surface area contributed by atoms with Crippen LogP contribution in [0.5, 0.6) is 0 Å². The summed E-state index contributed by atoms with van der Waals surface area (Å²) in [4.78, 5) is 42.9. The Hall–Kier alpha value is -3.40. The number of carbonyl (C=O) groups excluding carboxylic acids is 1. The normalized spacial score (nSPS) is 21.1. The van der Waals surface area contributed by atoms with Crippen molar-refractivity contribution >= 4 is 34.2 Å². The Morgan fingerprint density at radius 2 is 2.00 bits per heavy atom. The van der Waals surface area contributed by atoms with Crippen molar-refractivity contribution in [2.75, 3.05) is 37.7 Å². The van der Waals surface area contributed by atoms with Crippen LogP contribution >= 0.6 is 0 Å². The van der Waals surface area contributed by atoms with E-state index < -0.39 is 6.09 Å². The summed E-state index contributed by atoms with van der Waals surface area (Å²) < 4.78 is 7.14. The first-order chi connectivity index (χ1) is 15.4.